The summed E-state index contributed by atoms with van der Waals surface area (Å²) in [7, 11) is 0. The maximum Gasteiger partial charge on any atom is 0.237 e. The van der Waals surface area contributed by atoms with Gasteiger partial charge in [0.2, 0.25) is 5.91 Å². The molecule has 0 unspecified atom stereocenters. The van der Waals surface area contributed by atoms with Gasteiger partial charge in [0.05, 0.1) is 32.6 Å². The monoisotopic (exact) mass is 466 g/mol. The Hall–Kier alpha value is -1.89. The zero-order valence-corrected chi connectivity index (χ0v) is 18.3. The molecule has 0 aliphatic heterocycles. The molecule has 1 N–H and O–H groups in total. The van der Waals surface area contributed by atoms with Gasteiger partial charge in [0.15, 0.2) is 8.29 Å². The van der Waals surface area contributed by atoms with Crippen LogP contribution in [0.5, 0.6) is 0 Å². The highest BCUT2D eigenvalue weighted by atomic mass is 35.5. The lowest BCUT2D eigenvalue weighted by atomic mass is 10.2. The van der Waals surface area contributed by atoms with Gasteiger partial charge >= 0.3 is 0 Å². The van der Waals surface area contributed by atoms with Crippen LogP contribution in [0.3, 0.4) is 0 Å². The Morgan fingerprint density at radius 3 is 2.82 bits per heavy atom. The lowest BCUT2D eigenvalue weighted by molar-refractivity contribution is -0.115. The topological polar surface area (TPSA) is 70.7 Å². The number of nitriles is 1. The fourth-order valence-electron chi connectivity index (χ4n) is 2.20. The minimum atomic E-state index is -0.409. The van der Waals surface area contributed by atoms with E-state index in [9.17, 15) is 4.79 Å². The van der Waals surface area contributed by atoms with Gasteiger partial charge < -0.3 is 5.32 Å². The average Bonchev–Trinajstić information content (AvgIpc) is 3.04. The summed E-state index contributed by atoms with van der Waals surface area (Å²) in [6.07, 6.45) is 0. The zero-order valence-electron chi connectivity index (χ0n) is 14.3. The first-order valence-corrected chi connectivity index (χ1v) is 10.8. The Kier molecular flexibility index (Phi) is 6.75. The first-order chi connectivity index (χ1) is 13.4. The van der Waals surface area contributed by atoms with Crippen molar-refractivity contribution in [2.75, 3.05) is 5.32 Å². The fraction of sp³-hybridized carbons (Fsp3) is 0.111. The summed E-state index contributed by atoms with van der Waals surface area (Å²) in [5.41, 5.74) is 1.76. The van der Waals surface area contributed by atoms with Gasteiger partial charge in [0, 0.05) is 5.69 Å². The second-order valence-electron chi connectivity index (χ2n) is 5.59. The number of aromatic nitrogens is 2. The minimum Gasteiger partial charge on any atom is -0.325 e. The van der Waals surface area contributed by atoms with Gasteiger partial charge in [-0.25, -0.2) is 4.68 Å². The second kappa shape index (κ2) is 9.07. The van der Waals surface area contributed by atoms with Gasteiger partial charge in [0.1, 0.15) is 0 Å². The number of nitrogens with one attached hydrogen (secondary N) is 1. The number of benzene rings is 2. The normalized spacial score (nSPS) is 11.6. The van der Waals surface area contributed by atoms with E-state index < -0.39 is 5.25 Å². The lowest BCUT2D eigenvalue weighted by Crippen LogP contribution is -2.22. The van der Waals surface area contributed by atoms with Crippen molar-refractivity contribution in [1.82, 2.24) is 9.78 Å². The molecule has 1 aromatic heterocycles. The van der Waals surface area contributed by atoms with Crippen LogP contribution in [0.2, 0.25) is 10.0 Å². The number of thioether (sulfide) groups is 1. The van der Waals surface area contributed by atoms with Crippen LogP contribution in [0.25, 0.3) is 5.69 Å². The van der Waals surface area contributed by atoms with Gasteiger partial charge in [-0.2, -0.15) is 5.26 Å². The predicted molar refractivity (Wildman–Crippen MR) is 117 cm³/mol. The first kappa shape index (κ1) is 20.8. The van der Waals surface area contributed by atoms with E-state index in [4.69, 9.17) is 40.7 Å². The van der Waals surface area contributed by atoms with Crippen LogP contribution in [0.1, 0.15) is 12.5 Å². The van der Waals surface area contributed by atoms with E-state index in [1.54, 1.807) is 54.1 Å². The van der Waals surface area contributed by atoms with E-state index in [0.717, 1.165) is 0 Å². The maximum absolute atomic E-state index is 12.5. The molecule has 0 saturated carbocycles. The summed E-state index contributed by atoms with van der Waals surface area (Å²) in [5, 5.41) is 16.7. The third-order valence-corrected chi connectivity index (χ3v) is 6.74. The molecule has 0 radical (unpaired) electrons. The van der Waals surface area contributed by atoms with Crippen molar-refractivity contribution in [1.29, 1.82) is 5.26 Å². The summed E-state index contributed by atoms with van der Waals surface area (Å²) < 4.78 is 2.78. The number of carbonyl (C=O) groups is 1. The van der Waals surface area contributed by atoms with Crippen molar-refractivity contribution in [2.24, 2.45) is 0 Å². The molecule has 0 aliphatic carbocycles. The molecule has 3 rings (SSSR count). The Bertz CT molecular complexity index is 1140. The molecular weight excluding hydrogens is 455 g/mol. The molecule has 1 heterocycles. The molecule has 0 bridgehead atoms. The molecule has 2 aromatic carbocycles. The molecule has 0 spiro atoms. The van der Waals surface area contributed by atoms with Crippen molar-refractivity contribution in [3.8, 4) is 11.8 Å². The van der Waals surface area contributed by atoms with E-state index in [2.05, 4.69) is 10.4 Å². The SMILES string of the molecule is C[C@H](Sc1nn(-c2ccc(Cl)c(Cl)c2)c(=S)s1)C(=O)Nc1cccc(C#N)c1. The molecule has 1 amide bonds. The van der Waals surface area contributed by atoms with Crippen molar-refractivity contribution in [2.45, 2.75) is 16.5 Å². The van der Waals surface area contributed by atoms with Crippen LogP contribution < -0.4 is 5.32 Å². The molecule has 28 heavy (non-hydrogen) atoms. The number of carbonyl (C=O) groups excluding carboxylic acids is 1. The third kappa shape index (κ3) is 4.93. The Balaban J connectivity index is 1.73. The van der Waals surface area contributed by atoms with E-state index in [-0.39, 0.29) is 5.91 Å². The van der Waals surface area contributed by atoms with Gasteiger partial charge in [-0.15, -0.1) is 5.10 Å². The highest BCUT2D eigenvalue weighted by Gasteiger charge is 2.18. The molecule has 5 nitrogen and oxygen atoms in total. The number of amides is 1. The molecule has 0 saturated heterocycles. The van der Waals surface area contributed by atoms with Crippen LogP contribution in [-0.4, -0.2) is 20.9 Å². The van der Waals surface area contributed by atoms with Gasteiger partial charge in [-0.1, -0.05) is 52.4 Å². The van der Waals surface area contributed by atoms with Crippen molar-refractivity contribution >= 4 is 70.1 Å². The van der Waals surface area contributed by atoms with E-state index in [0.29, 0.717) is 35.3 Å². The Morgan fingerprint density at radius 2 is 2.11 bits per heavy atom. The second-order valence-corrected chi connectivity index (χ2v) is 9.61. The number of halogens is 2. The van der Waals surface area contributed by atoms with E-state index >= 15 is 0 Å². The molecule has 0 fully saturated rings. The lowest BCUT2D eigenvalue weighted by Gasteiger charge is -2.10. The van der Waals surface area contributed by atoms with Crippen LogP contribution in [0.15, 0.2) is 46.8 Å². The van der Waals surface area contributed by atoms with Crippen LogP contribution in [-0.2, 0) is 4.79 Å². The Labute approximate surface area is 184 Å². The summed E-state index contributed by atoms with van der Waals surface area (Å²) in [5.74, 6) is -0.192. The highest BCUT2D eigenvalue weighted by Crippen LogP contribution is 2.30. The number of hydrogen-bond donors (Lipinski definition) is 1. The standard InChI is InChI=1S/C18H12Cl2N4OS3/c1-10(16(25)22-12-4-2-3-11(7-12)9-21)27-17-23-24(18(26)28-17)13-5-6-14(19)15(20)8-13/h2-8,10H,1H3,(H,22,25)/t10-/m0/s1. The average molecular weight is 467 g/mol. The first-order valence-electron chi connectivity index (χ1n) is 7.90. The third-order valence-electron chi connectivity index (χ3n) is 3.58. The molecule has 0 aliphatic rings. The number of anilines is 1. The van der Waals surface area contributed by atoms with Gasteiger partial charge in [-0.3, -0.25) is 4.79 Å². The molecule has 3 aromatic rings. The summed E-state index contributed by atoms with van der Waals surface area (Å²) >= 11 is 20.0. The van der Waals surface area contributed by atoms with Gasteiger partial charge in [-0.05, 0) is 55.5 Å². The number of hydrogen-bond acceptors (Lipinski definition) is 6. The van der Waals surface area contributed by atoms with Crippen LogP contribution in [0.4, 0.5) is 5.69 Å². The quantitative estimate of drug-likeness (QED) is 0.370. The largest absolute Gasteiger partial charge is 0.325 e. The van der Waals surface area contributed by atoms with Gasteiger partial charge in [0.25, 0.3) is 0 Å². The summed E-state index contributed by atoms with van der Waals surface area (Å²) in [6.45, 7) is 1.78. The highest BCUT2D eigenvalue weighted by molar-refractivity contribution is 8.02. The fourth-order valence-corrected chi connectivity index (χ4v) is 5.00. The Morgan fingerprint density at radius 1 is 1.32 bits per heavy atom. The van der Waals surface area contributed by atoms with Crippen molar-refractivity contribution in [3.05, 3.63) is 62.0 Å². The molecule has 1 atom stereocenters. The van der Waals surface area contributed by atoms with Crippen molar-refractivity contribution < 1.29 is 4.79 Å². The van der Waals surface area contributed by atoms with Crippen molar-refractivity contribution in [3.63, 3.8) is 0 Å². The van der Waals surface area contributed by atoms with E-state index in [1.165, 1.54) is 23.1 Å². The zero-order chi connectivity index (χ0) is 20.3. The number of nitrogens with zero attached hydrogens (tertiary/aromatic N) is 3. The summed E-state index contributed by atoms with van der Waals surface area (Å²) in [6, 6.07) is 13.9. The van der Waals surface area contributed by atoms with Crippen LogP contribution in [0, 0.1) is 15.3 Å². The number of rotatable bonds is 5. The van der Waals surface area contributed by atoms with E-state index in [1.807, 2.05) is 6.07 Å². The van der Waals surface area contributed by atoms with Crippen LogP contribution >= 0.6 is 58.5 Å². The molecule has 10 heteroatoms. The molecular formula is C18H12Cl2N4OS3. The predicted octanol–water partition coefficient (Wildman–Crippen LogP) is 5.96. The summed E-state index contributed by atoms with van der Waals surface area (Å²) in [4.78, 5) is 12.5. The smallest absolute Gasteiger partial charge is 0.237 e. The minimum absolute atomic E-state index is 0.192. The maximum atomic E-state index is 12.5. The molecule has 142 valence electrons.